The van der Waals surface area contributed by atoms with Crippen LogP contribution in [0, 0.1) is 0 Å². The van der Waals surface area contributed by atoms with Crippen molar-refractivity contribution in [3.8, 4) is 0 Å². The first-order valence-corrected chi connectivity index (χ1v) is 3.93. The zero-order chi connectivity index (χ0) is 8.10. The molecule has 1 rings (SSSR count). The molecule has 0 aromatic heterocycles. The molecule has 1 aromatic carbocycles. The van der Waals surface area contributed by atoms with Crippen LogP contribution in [0.5, 0.6) is 0 Å². The van der Waals surface area contributed by atoms with E-state index in [0.717, 1.165) is 16.9 Å². The van der Waals surface area contributed by atoms with E-state index in [2.05, 4.69) is 0 Å². The Bertz CT molecular complexity index is 240. The van der Waals surface area contributed by atoms with Gasteiger partial charge in [0.1, 0.15) is 0 Å². The maximum Gasteiger partial charge on any atom is 1.00 e. The van der Waals surface area contributed by atoms with Crippen LogP contribution < -0.4 is 51.4 Å². The van der Waals surface area contributed by atoms with Crippen LogP contribution >= 0.6 is 12.0 Å². The molecule has 0 aliphatic heterocycles. The van der Waals surface area contributed by atoms with Crippen molar-refractivity contribution < 1.29 is 65.8 Å². The Labute approximate surface area is 124 Å². The van der Waals surface area contributed by atoms with Gasteiger partial charge >= 0.3 is 57.4 Å². The third-order valence-electron chi connectivity index (χ3n) is 0.998. The third kappa shape index (κ3) is 7.69. The Balaban J connectivity index is 0. The molecule has 0 spiro atoms. The molecule has 13 heavy (non-hydrogen) atoms. The first-order chi connectivity index (χ1) is 5.29. The van der Waals surface area contributed by atoms with Crippen LogP contribution in [0.2, 0.25) is 0 Å². The summed E-state index contributed by atoms with van der Waals surface area (Å²) in [7, 11) is 0. The van der Waals surface area contributed by atoms with E-state index in [1.165, 1.54) is 6.92 Å². The Hall–Kier alpha value is 0.636. The van der Waals surface area contributed by atoms with E-state index in [9.17, 15) is 4.79 Å². The first kappa shape index (κ1) is 16.1. The summed E-state index contributed by atoms with van der Waals surface area (Å²) in [6.45, 7) is 1.38. The summed E-state index contributed by atoms with van der Waals surface area (Å²) in [4.78, 5) is 11.3. The number of hydrogen-bond donors (Lipinski definition) is 0. The van der Waals surface area contributed by atoms with Crippen molar-refractivity contribution in [1.29, 1.82) is 0 Å². The summed E-state index contributed by atoms with van der Waals surface area (Å²) in [5, 5.41) is 0. The summed E-state index contributed by atoms with van der Waals surface area (Å²) in [6, 6.07) is 9.47. The van der Waals surface area contributed by atoms with Gasteiger partial charge in [-0.25, -0.2) is 0 Å². The molecule has 0 bridgehead atoms. The third-order valence-corrected chi connectivity index (χ3v) is 1.78. The fourth-order valence-corrected chi connectivity index (χ4v) is 1.06. The predicted octanol–water partition coefficient (Wildman–Crippen LogP) is -0.916. The molecule has 0 amide bonds. The summed E-state index contributed by atoms with van der Waals surface area (Å²) in [5.41, 5.74) is 0. The maximum atomic E-state index is 10.4. The molecule has 0 fully saturated rings. The zero-order valence-electron chi connectivity index (χ0n) is 7.56. The Morgan fingerprint density at radius 3 is 2.31 bits per heavy atom. The summed E-state index contributed by atoms with van der Waals surface area (Å²) in [6.07, 6.45) is 0. The van der Waals surface area contributed by atoms with E-state index >= 15 is 0 Å². The topological polar surface area (TPSA) is 56.3 Å². The molecule has 3 nitrogen and oxygen atoms in total. The molecule has 1 N–H and O–H groups in total. The van der Waals surface area contributed by atoms with Crippen molar-refractivity contribution in [2.75, 3.05) is 0 Å². The van der Waals surface area contributed by atoms with Gasteiger partial charge in [0.25, 0.3) is 0 Å². The molecular weight excluding hydrogens is 215 g/mol. The van der Waals surface area contributed by atoms with Crippen LogP contribution in [0.4, 0.5) is 0 Å². The van der Waals surface area contributed by atoms with Gasteiger partial charge in [0.15, 0.2) is 0 Å². The van der Waals surface area contributed by atoms with Crippen molar-refractivity contribution in [2.45, 2.75) is 11.8 Å². The molecule has 0 atom stereocenters. The number of carbonyl (C=O) groups excluding carboxylic acids is 1. The van der Waals surface area contributed by atoms with Gasteiger partial charge in [-0.05, 0) is 12.1 Å². The summed E-state index contributed by atoms with van der Waals surface area (Å²) < 4.78 is 4.71. The average Bonchev–Trinajstić information content (AvgIpc) is 2.03. The molecule has 0 radical (unpaired) electrons. The second-order valence-electron chi connectivity index (χ2n) is 1.97. The van der Waals surface area contributed by atoms with Crippen LogP contribution in [0.15, 0.2) is 35.2 Å². The first-order valence-electron chi connectivity index (χ1n) is 3.19. The SMILES string of the molecule is CC(=O)OSc1ccccc1.[K+].[OH-]. The molecule has 0 aliphatic rings. The van der Waals surface area contributed by atoms with Gasteiger partial charge in [-0.2, -0.15) is 0 Å². The number of carbonyl (C=O) groups is 1. The van der Waals surface area contributed by atoms with Gasteiger partial charge in [-0.3, -0.25) is 4.79 Å². The van der Waals surface area contributed by atoms with Gasteiger partial charge in [0.2, 0.25) is 0 Å². The minimum Gasteiger partial charge on any atom is -0.870 e. The number of benzene rings is 1. The minimum absolute atomic E-state index is 0. The van der Waals surface area contributed by atoms with Gasteiger partial charge in [0, 0.05) is 11.8 Å². The van der Waals surface area contributed by atoms with Crippen LogP contribution in [0.1, 0.15) is 6.92 Å². The molecule has 0 unspecified atom stereocenters. The fraction of sp³-hybridized carbons (Fsp3) is 0.125. The largest absolute Gasteiger partial charge is 1.00 e. The van der Waals surface area contributed by atoms with Gasteiger partial charge in [-0.1, -0.05) is 18.2 Å². The predicted molar refractivity (Wildman–Crippen MR) is 46.0 cm³/mol. The molecule has 66 valence electrons. The maximum absolute atomic E-state index is 10.4. The fourth-order valence-electron chi connectivity index (χ4n) is 0.583. The van der Waals surface area contributed by atoms with Crippen molar-refractivity contribution in [2.24, 2.45) is 0 Å². The second kappa shape index (κ2) is 9.20. The molecule has 0 saturated heterocycles. The summed E-state index contributed by atoms with van der Waals surface area (Å²) in [5.74, 6) is -0.279. The van der Waals surface area contributed by atoms with E-state index in [0.29, 0.717) is 0 Å². The Morgan fingerprint density at radius 1 is 1.31 bits per heavy atom. The quantitative estimate of drug-likeness (QED) is 0.482. The van der Waals surface area contributed by atoms with Gasteiger partial charge in [-0.15, -0.1) is 0 Å². The minimum atomic E-state index is -0.279. The molecule has 1 aromatic rings. The number of hydrogen-bond acceptors (Lipinski definition) is 4. The average molecular weight is 224 g/mol. The van der Waals surface area contributed by atoms with E-state index in [1.807, 2.05) is 30.3 Å². The van der Waals surface area contributed by atoms with E-state index in [-0.39, 0.29) is 62.8 Å². The molecule has 0 saturated carbocycles. The van der Waals surface area contributed by atoms with E-state index < -0.39 is 0 Å². The standard InChI is InChI=1S/C8H8O2S.K.H2O/c1-7(9)10-11-8-5-3-2-4-6-8;;/h2-6H,1H3;;1H2/q;+1;/p-1. The summed E-state index contributed by atoms with van der Waals surface area (Å²) >= 11 is 1.08. The molecular formula is C8H9KO3S. The van der Waals surface area contributed by atoms with Crippen molar-refractivity contribution in [1.82, 2.24) is 0 Å². The van der Waals surface area contributed by atoms with Crippen LogP contribution in [0.3, 0.4) is 0 Å². The van der Waals surface area contributed by atoms with Crippen molar-refractivity contribution in [3.05, 3.63) is 30.3 Å². The molecule has 5 heteroatoms. The zero-order valence-corrected chi connectivity index (χ0v) is 11.5. The van der Waals surface area contributed by atoms with Crippen LogP contribution in [0.25, 0.3) is 0 Å². The van der Waals surface area contributed by atoms with E-state index in [1.54, 1.807) is 0 Å². The Kier molecular flexibility index (Phi) is 11.4. The Morgan fingerprint density at radius 2 is 1.85 bits per heavy atom. The molecule has 0 heterocycles. The van der Waals surface area contributed by atoms with E-state index in [4.69, 9.17) is 4.18 Å². The monoisotopic (exact) mass is 224 g/mol. The van der Waals surface area contributed by atoms with Gasteiger partial charge in [0.05, 0.1) is 12.0 Å². The second-order valence-corrected chi connectivity index (χ2v) is 2.78. The van der Waals surface area contributed by atoms with Crippen molar-refractivity contribution in [3.63, 3.8) is 0 Å². The number of rotatable bonds is 2. The van der Waals surface area contributed by atoms with Crippen LogP contribution in [-0.4, -0.2) is 11.4 Å². The van der Waals surface area contributed by atoms with Crippen molar-refractivity contribution >= 4 is 18.0 Å². The molecule has 0 aliphatic carbocycles. The smallest absolute Gasteiger partial charge is 0.870 e. The normalized spacial score (nSPS) is 7.77. The van der Waals surface area contributed by atoms with Crippen LogP contribution in [-0.2, 0) is 8.98 Å². The van der Waals surface area contributed by atoms with Gasteiger partial charge < -0.3 is 9.66 Å².